The van der Waals surface area contributed by atoms with Crippen molar-refractivity contribution < 1.29 is 18.0 Å². The molecule has 8 nitrogen and oxygen atoms in total. The summed E-state index contributed by atoms with van der Waals surface area (Å²) in [6.07, 6.45) is 6.34. The number of amides is 2. The van der Waals surface area contributed by atoms with Crippen LogP contribution in [0.25, 0.3) is 0 Å². The van der Waals surface area contributed by atoms with Gasteiger partial charge in [-0.05, 0) is 31.2 Å². The Morgan fingerprint density at radius 2 is 1.47 bits per heavy atom. The third-order valence-corrected chi connectivity index (χ3v) is 10.1. The third kappa shape index (κ3) is 4.88. The summed E-state index contributed by atoms with van der Waals surface area (Å²) in [4.78, 5) is 29.5. The van der Waals surface area contributed by atoms with Crippen LogP contribution in [0.15, 0.2) is 30.3 Å². The minimum absolute atomic E-state index is 0.0371. The number of likely N-dealkylation sites (tertiary alicyclic amines) is 1. The maximum Gasteiger partial charge on any atom is 0.282 e. The Labute approximate surface area is 204 Å². The molecule has 1 aromatic rings. The van der Waals surface area contributed by atoms with E-state index < -0.39 is 15.6 Å². The maximum absolute atomic E-state index is 13.9. The molecule has 2 amide bonds. The van der Waals surface area contributed by atoms with E-state index in [1.54, 1.807) is 27.5 Å². The van der Waals surface area contributed by atoms with Gasteiger partial charge in [0.2, 0.25) is 11.8 Å². The van der Waals surface area contributed by atoms with Gasteiger partial charge in [0.15, 0.2) is 0 Å². The van der Waals surface area contributed by atoms with E-state index >= 15 is 0 Å². The lowest BCUT2D eigenvalue weighted by molar-refractivity contribution is -0.143. The Kier molecular flexibility index (Phi) is 7.64. The van der Waals surface area contributed by atoms with E-state index in [0.717, 1.165) is 31.2 Å². The number of nitrogens with zero attached hydrogens (tertiary/aromatic N) is 4. The van der Waals surface area contributed by atoms with Crippen molar-refractivity contribution in [3.05, 3.63) is 35.9 Å². The molecular formula is C25H38N4O4S. The van der Waals surface area contributed by atoms with Gasteiger partial charge in [0.1, 0.15) is 0 Å². The SMILES string of the molecule is CC(=O)N1CCC(C(=O)N2CCN(S(=O)(=O)N(C)C3CCCCC3)CC2)(c2ccccc2)CC1. The van der Waals surface area contributed by atoms with Crippen LogP contribution < -0.4 is 0 Å². The summed E-state index contributed by atoms with van der Waals surface area (Å²) in [5.41, 5.74) is 0.308. The molecule has 0 unspecified atom stereocenters. The summed E-state index contributed by atoms with van der Waals surface area (Å²) < 4.78 is 29.6. The van der Waals surface area contributed by atoms with Crippen molar-refractivity contribution >= 4 is 22.0 Å². The van der Waals surface area contributed by atoms with Crippen LogP contribution in [0.2, 0.25) is 0 Å². The highest BCUT2D eigenvalue weighted by atomic mass is 32.2. The smallest absolute Gasteiger partial charge is 0.282 e. The van der Waals surface area contributed by atoms with Crippen molar-refractivity contribution in [2.24, 2.45) is 0 Å². The van der Waals surface area contributed by atoms with Crippen molar-refractivity contribution in [2.45, 2.75) is 63.3 Å². The summed E-state index contributed by atoms with van der Waals surface area (Å²) in [6, 6.07) is 9.92. The molecule has 3 fully saturated rings. The molecular weight excluding hydrogens is 452 g/mol. The molecule has 2 aliphatic heterocycles. The van der Waals surface area contributed by atoms with Crippen LogP contribution in [-0.4, -0.2) is 91.0 Å². The molecule has 0 spiro atoms. The van der Waals surface area contributed by atoms with Crippen molar-refractivity contribution in [3.63, 3.8) is 0 Å². The highest BCUT2D eigenvalue weighted by Gasteiger charge is 2.46. The lowest BCUT2D eigenvalue weighted by Gasteiger charge is -2.45. The molecule has 0 N–H and O–H groups in total. The second-order valence-electron chi connectivity index (χ2n) is 9.96. The first-order valence-electron chi connectivity index (χ1n) is 12.6. The predicted octanol–water partition coefficient (Wildman–Crippen LogP) is 2.22. The highest BCUT2D eigenvalue weighted by Crippen LogP contribution is 2.38. The molecule has 3 aliphatic rings. The van der Waals surface area contributed by atoms with E-state index in [9.17, 15) is 18.0 Å². The fourth-order valence-corrected chi connectivity index (χ4v) is 7.40. The van der Waals surface area contributed by atoms with Gasteiger partial charge in [-0.2, -0.15) is 17.0 Å². The molecule has 1 aliphatic carbocycles. The molecule has 1 aromatic carbocycles. The van der Waals surface area contributed by atoms with E-state index in [0.29, 0.717) is 52.1 Å². The zero-order valence-electron chi connectivity index (χ0n) is 20.5. The molecule has 0 aromatic heterocycles. The van der Waals surface area contributed by atoms with Crippen molar-refractivity contribution in [2.75, 3.05) is 46.3 Å². The van der Waals surface area contributed by atoms with Crippen LogP contribution in [0.3, 0.4) is 0 Å². The number of rotatable bonds is 5. The predicted molar refractivity (Wildman–Crippen MR) is 131 cm³/mol. The largest absolute Gasteiger partial charge is 0.343 e. The van der Waals surface area contributed by atoms with Crippen molar-refractivity contribution in [3.8, 4) is 0 Å². The summed E-state index contributed by atoms with van der Waals surface area (Å²) >= 11 is 0. The van der Waals surface area contributed by atoms with E-state index in [-0.39, 0.29) is 17.9 Å². The number of hydrogen-bond acceptors (Lipinski definition) is 4. The van der Waals surface area contributed by atoms with E-state index in [1.165, 1.54) is 6.42 Å². The quantitative estimate of drug-likeness (QED) is 0.634. The summed E-state index contributed by atoms with van der Waals surface area (Å²) in [5, 5.41) is 0. The monoisotopic (exact) mass is 490 g/mol. The fraction of sp³-hybridized carbons (Fsp3) is 0.680. The van der Waals surface area contributed by atoms with Gasteiger partial charge in [-0.15, -0.1) is 0 Å². The van der Waals surface area contributed by atoms with Crippen LogP contribution in [0.4, 0.5) is 0 Å². The topological polar surface area (TPSA) is 81.2 Å². The van der Waals surface area contributed by atoms with E-state index in [2.05, 4.69) is 0 Å². The normalized spacial score (nSPS) is 22.7. The molecule has 4 rings (SSSR count). The van der Waals surface area contributed by atoms with Gasteiger partial charge >= 0.3 is 0 Å². The summed E-state index contributed by atoms with van der Waals surface area (Å²) in [6.45, 7) is 4.09. The van der Waals surface area contributed by atoms with Gasteiger partial charge in [0.05, 0.1) is 5.41 Å². The Hall–Kier alpha value is -1.97. The van der Waals surface area contributed by atoms with E-state index in [4.69, 9.17) is 0 Å². The van der Waals surface area contributed by atoms with Crippen LogP contribution in [-0.2, 0) is 25.2 Å². The molecule has 0 atom stereocenters. The zero-order valence-corrected chi connectivity index (χ0v) is 21.3. The first-order valence-corrected chi connectivity index (χ1v) is 14.0. The first-order chi connectivity index (χ1) is 16.3. The van der Waals surface area contributed by atoms with Crippen LogP contribution in [0.1, 0.15) is 57.4 Å². The Morgan fingerprint density at radius 3 is 2.03 bits per heavy atom. The van der Waals surface area contributed by atoms with Crippen LogP contribution in [0.5, 0.6) is 0 Å². The highest BCUT2D eigenvalue weighted by molar-refractivity contribution is 7.86. The van der Waals surface area contributed by atoms with Crippen LogP contribution in [0, 0.1) is 0 Å². The molecule has 0 bridgehead atoms. The van der Waals surface area contributed by atoms with Gasteiger partial charge in [-0.1, -0.05) is 49.6 Å². The van der Waals surface area contributed by atoms with Gasteiger partial charge in [-0.25, -0.2) is 0 Å². The molecule has 2 saturated heterocycles. The number of piperidine rings is 1. The lowest BCUT2D eigenvalue weighted by Crippen LogP contribution is -2.59. The van der Waals surface area contributed by atoms with Crippen molar-refractivity contribution in [1.82, 2.24) is 18.4 Å². The van der Waals surface area contributed by atoms with E-state index in [1.807, 2.05) is 35.2 Å². The second-order valence-corrected chi connectivity index (χ2v) is 11.9. The zero-order chi connectivity index (χ0) is 24.3. The maximum atomic E-state index is 13.9. The molecule has 34 heavy (non-hydrogen) atoms. The molecule has 1 saturated carbocycles. The molecule has 2 heterocycles. The minimum atomic E-state index is -3.54. The Bertz CT molecular complexity index is 962. The van der Waals surface area contributed by atoms with Gasteiger partial charge in [-0.3, -0.25) is 9.59 Å². The third-order valence-electron chi connectivity index (χ3n) is 8.10. The number of piperazine rings is 1. The second kappa shape index (κ2) is 10.3. The minimum Gasteiger partial charge on any atom is -0.343 e. The van der Waals surface area contributed by atoms with Gasteiger partial charge in [0.25, 0.3) is 10.2 Å². The van der Waals surface area contributed by atoms with Gasteiger partial charge < -0.3 is 9.80 Å². The Balaban J connectivity index is 1.46. The Morgan fingerprint density at radius 1 is 0.882 bits per heavy atom. The average Bonchev–Trinajstić information content (AvgIpc) is 2.89. The summed E-state index contributed by atoms with van der Waals surface area (Å²) in [5.74, 6) is 0.0922. The molecule has 188 valence electrons. The number of carbonyl (C=O) groups is 2. The number of hydrogen-bond donors (Lipinski definition) is 0. The van der Waals surface area contributed by atoms with Crippen molar-refractivity contribution in [1.29, 1.82) is 0 Å². The first kappa shape index (κ1) is 25.1. The number of carbonyl (C=O) groups excluding carboxylic acids is 2. The molecule has 0 radical (unpaired) electrons. The van der Waals surface area contributed by atoms with Gasteiger partial charge in [0, 0.05) is 59.3 Å². The molecule has 9 heteroatoms. The van der Waals surface area contributed by atoms with Crippen LogP contribution >= 0.6 is 0 Å². The fourth-order valence-electron chi connectivity index (χ4n) is 5.83. The standard InChI is InChI=1S/C25H38N4O4S/c1-21(30)27-15-13-25(14-16-27,22-9-5-3-6-10-22)24(31)28-17-19-29(20-18-28)34(32,33)26(2)23-11-7-4-8-12-23/h3,5-6,9-10,23H,4,7-8,11-20H2,1-2H3. The summed E-state index contributed by atoms with van der Waals surface area (Å²) in [7, 11) is -1.83. The average molecular weight is 491 g/mol. The number of benzene rings is 1. The lowest BCUT2D eigenvalue weighted by atomic mass is 9.71.